The number of halogens is 4. The zero-order valence-electron chi connectivity index (χ0n) is 5.37. The van der Waals surface area contributed by atoms with Crippen LogP contribution in [0.1, 0.15) is 5.56 Å². The normalized spacial score (nSPS) is 10.2. The van der Waals surface area contributed by atoms with Crippen LogP contribution in [0.3, 0.4) is 0 Å². The zero-order valence-corrected chi connectivity index (χ0v) is 10.4. The molecule has 0 saturated carbocycles. The summed E-state index contributed by atoms with van der Waals surface area (Å²) in [7, 11) is 0. The summed E-state index contributed by atoms with van der Waals surface area (Å²) in [6, 6.07) is 3.36. The van der Waals surface area contributed by atoms with Gasteiger partial charge in [-0.3, -0.25) is 0 Å². The van der Waals surface area contributed by atoms with Crippen LogP contribution in [0.25, 0.3) is 0 Å². The SMILES string of the molecule is Fc1cc(CCl)cc(I)c1I. The molecule has 0 aliphatic rings. The van der Waals surface area contributed by atoms with E-state index in [0.29, 0.717) is 9.45 Å². The fraction of sp³-hybridized carbons (Fsp3) is 0.143. The van der Waals surface area contributed by atoms with Crippen LogP contribution in [0.5, 0.6) is 0 Å². The first-order valence-electron chi connectivity index (χ1n) is 2.84. The molecule has 11 heavy (non-hydrogen) atoms. The Morgan fingerprint density at radius 1 is 1.36 bits per heavy atom. The Hall–Kier alpha value is 0.900. The van der Waals surface area contributed by atoms with Crippen molar-refractivity contribution in [1.29, 1.82) is 0 Å². The summed E-state index contributed by atoms with van der Waals surface area (Å²) in [5, 5.41) is 0. The Morgan fingerprint density at radius 3 is 2.45 bits per heavy atom. The minimum atomic E-state index is -0.187. The summed E-state index contributed by atoms with van der Waals surface area (Å²) in [5.41, 5.74) is 0.828. The lowest BCUT2D eigenvalue weighted by Gasteiger charge is -2.00. The maximum atomic E-state index is 13.0. The average Bonchev–Trinajstić information content (AvgIpc) is 1.99. The molecule has 1 rings (SSSR count). The highest BCUT2D eigenvalue weighted by Gasteiger charge is 2.04. The van der Waals surface area contributed by atoms with Gasteiger partial charge in [0.2, 0.25) is 0 Å². The number of hydrogen-bond donors (Lipinski definition) is 0. The second-order valence-corrected chi connectivity index (χ2v) is 4.52. The van der Waals surface area contributed by atoms with E-state index < -0.39 is 0 Å². The lowest BCUT2D eigenvalue weighted by molar-refractivity contribution is 0.617. The monoisotopic (exact) mass is 396 g/mol. The van der Waals surface area contributed by atoms with E-state index in [4.69, 9.17) is 11.6 Å². The van der Waals surface area contributed by atoms with Crippen LogP contribution in [-0.4, -0.2) is 0 Å². The summed E-state index contributed by atoms with van der Waals surface area (Å²) in [6.45, 7) is 0. The van der Waals surface area contributed by atoms with E-state index in [1.165, 1.54) is 6.07 Å². The Bertz CT molecular complexity index is 252. The van der Waals surface area contributed by atoms with Crippen molar-refractivity contribution in [3.05, 3.63) is 30.7 Å². The summed E-state index contributed by atoms with van der Waals surface area (Å²) < 4.78 is 14.5. The fourth-order valence-corrected chi connectivity index (χ4v) is 1.81. The van der Waals surface area contributed by atoms with E-state index in [1.807, 2.05) is 28.7 Å². The second kappa shape index (κ2) is 4.23. The van der Waals surface area contributed by atoms with E-state index in [1.54, 1.807) is 0 Å². The molecule has 0 bridgehead atoms. The van der Waals surface area contributed by atoms with Crippen LogP contribution < -0.4 is 0 Å². The lowest BCUT2D eigenvalue weighted by atomic mass is 10.2. The smallest absolute Gasteiger partial charge is 0.137 e. The predicted octanol–water partition coefficient (Wildman–Crippen LogP) is 3.77. The molecule has 0 saturated heterocycles. The van der Waals surface area contributed by atoms with Crippen LogP contribution in [-0.2, 0) is 5.88 Å². The maximum absolute atomic E-state index is 13.0. The topological polar surface area (TPSA) is 0 Å². The Labute approximate surface area is 96.8 Å². The molecule has 0 amide bonds. The van der Waals surface area contributed by atoms with Crippen LogP contribution >= 0.6 is 56.8 Å². The first-order chi connectivity index (χ1) is 5.15. The largest absolute Gasteiger partial charge is 0.206 e. The van der Waals surface area contributed by atoms with Crippen molar-refractivity contribution in [2.24, 2.45) is 0 Å². The standard InChI is InChI=1S/C7H4ClFI2/c8-3-4-1-5(9)7(11)6(10)2-4/h1-2H,3H2. The van der Waals surface area contributed by atoms with Gasteiger partial charge in [-0.15, -0.1) is 11.6 Å². The number of alkyl halides is 1. The van der Waals surface area contributed by atoms with Gasteiger partial charge >= 0.3 is 0 Å². The zero-order chi connectivity index (χ0) is 8.43. The molecule has 60 valence electrons. The molecular weight excluding hydrogens is 392 g/mol. The minimum absolute atomic E-state index is 0.187. The molecule has 0 aliphatic heterocycles. The van der Waals surface area contributed by atoms with Gasteiger partial charge < -0.3 is 0 Å². The third-order valence-corrected chi connectivity index (χ3v) is 4.49. The minimum Gasteiger partial charge on any atom is -0.206 e. The Kier molecular flexibility index (Phi) is 3.84. The van der Waals surface area contributed by atoms with Gasteiger partial charge in [-0.25, -0.2) is 4.39 Å². The van der Waals surface area contributed by atoms with Gasteiger partial charge in [0.25, 0.3) is 0 Å². The second-order valence-electron chi connectivity index (χ2n) is 2.01. The highest BCUT2D eigenvalue weighted by molar-refractivity contribution is 14.1. The summed E-state index contributed by atoms with van der Waals surface area (Å²) >= 11 is 9.62. The highest BCUT2D eigenvalue weighted by atomic mass is 127. The van der Waals surface area contributed by atoms with Crippen molar-refractivity contribution in [3.8, 4) is 0 Å². The summed E-state index contributed by atoms with van der Waals surface area (Å²) in [5.74, 6) is 0.178. The number of hydrogen-bond acceptors (Lipinski definition) is 0. The molecule has 0 aromatic heterocycles. The maximum Gasteiger partial charge on any atom is 0.137 e. The quantitative estimate of drug-likeness (QED) is 0.385. The van der Waals surface area contributed by atoms with Crippen LogP contribution in [0.2, 0.25) is 0 Å². The first-order valence-corrected chi connectivity index (χ1v) is 5.53. The molecule has 4 heteroatoms. The van der Waals surface area contributed by atoms with Crippen molar-refractivity contribution < 1.29 is 4.39 Å². The van der Waals surface area contributed by atoms with E-state index in [9.17, 15) is 4.39 Å². The lowest BCUT2D eigenvalue weighted by Crippen LogP contribution is -1.89. The molecule has 1 aromatic carbocycles. The van der Waals surface area contributed by atoms with Crippen molar-refractivity contribution in [2.45, 2.75) is 5.88 Å². The number of benzene rings is 1. The van der Waals surface area contributed by atoms with Crippen LogP contribution in [0.4, 0.5) is 4.39 Å². The molecule has 0 heterocycles. The average molecular weight is 396 g/mol. The van der Waals surface area contributed by atoms with E-state index in [2.05, 4.69) is 22.6 Å². The number of rotatable bonds is 1. The van der Waals surface area contributed by atoms with E-state index >= 15 is 0 Å². The molecule has 0 nitrogen and oxygen atoms in total. The van der Waals surface area contributed by atoms with Crippen LogP contribution in [0, 0.1) is 13.0 Å². The molecule has 0 radical (unpaired) electrons. The van der Waals surface area contributed by atoms with Gasteiger partial charge in [-0.2, -0.15) is 0 Å². The van der Waals surface area contributed by atoms with E-state index in [-0.39, 0.29) is 5.82 Å². The third kappa shape index (κ3) is 2.42. The van der Waals surface area contributed by atoms with Crippen molar-refractivity contribution >= 4 is 56.8 Å². The van der Waals surface area contributed by atoms with Gasteiger partial charge in [-0.05, 0) is 62.9 Å². The van der Waals surface area contributed by atoms with Crippen LogP contribution in [0.15, 0.2) is 12.1 Å². The van der Waals surface area contributed by atoms with Gasteiger partial charge in [0.05, 0.1) is 3.57 Å². The molecule has 0 N–H and O–H groups in total. The molecule has 0 spiro atoms. The predicted molar refractivity (Wildman–Crippen MR) is 61.4 cm³/mol. The first kappa shape index (κ1) is 9.98. The van der Waals surface area contributed by atoms with Crippen molar-refractivity contribution in [2.75, 3.05) is 0 Å². The van der Waals surface area contributed by atoms with Gasteiger partial charge in [0, 0.05) is 9.45 Å². The molecular formula is C7H4ClFI2. The third-order valence-electron chi connectivity index (χ3n) is 1.20. The van der Waals surface area contributed by atoms with Crippen molar-refractivity contribution in [1.82, 2.24) is 0 Å². The molecule has 0 fully saturated rings. The molecule has 0 atom stereocenters. The molecule has 1 aromatic rings. The Balaban J connectivity index is 3.21. The van der Waals surface area contributed by atoms with Gasteiger partial charge in [-0.1, -0.05) is 0 Å². The van der Waals surface area contributed by atoms with Crippen molar-refractivity contribution in [3.63, 3.8) is 0 Å². The van der Waals surface area contributed by atoms with Gasteiger partial charge in [0.15, 0.2) is 0 Å². The summed E-state index contributed by atoms with van der Waals surface area (Å²) in [4.78, 5) is 0. The van der Waals surface area contributed by atoms with E-state index in [0.717, 1.165) is 9.13 Å². The Morgan fingerprint density at radius 2 is 2.00 bits per heavy atom. The highest BCUT2D eigenvalue weighted by Crippen LogP contribution is 2.21. The van der Waals surface area contributed by atoms with Gasteiger partial charge in [0.1, 0.15) is 5.82 Å². The molecule has 0 aliphatic carbocycles. The summed E-state index contributed by atoms with van der Waals surface area (Å²) in [6.07, 6.45) is 0. The fourth-order valence-electron chi connectivity index (χ4n) is 0.685. The molecule has 0 unspecified atom stereocenters.